The Labute approximate surface area is 223 Å². The Balaban J connectivity index is 0.000000192. The first kappa shape index (κ1) is 26.9. The molecule has 0 saturated carbocycles. The molecule has 0 unspecified atom stereocenters. The van der Waals surface area contributed by atoms with Crippen LogP contribution in [0.1, 0.15) is 31.7 Å². The second-order valence-electron chi connectivity index (χ2n) is 8.48. The summed E-state index contributed by atoms with van der Waals surface area (Å²) < 4.78 is 0. The topological polar surface area (TPSA) is 0 Å². The molecule has 5 rings (SSSR count). The van der Waals surface area contributed by atoms with Gasteiger partial charge in [0.2, 0.25) is 0 Å². The van der Waals surface area contributed by atoms with Crippen molar-refractivity contribution >= 4 is 23.8 Å². The van der Waals surface area contributed by atoms with Crippen molar-refractivity contribution in [2.24, 2.45) is 0 Å². The molecule has 0 fully saturated rings. The van der Waals surface area contributed by atoms with Crippen LogP contribution in [0.4, 0.5) is 0 Å². The smallest absolute Gasteiger partial charge is 0 e. The Hall–Kier alpha value is -2.69. The molecule has 5 aromatic carbocycles. The van der Waals surface area contributed by atoms with Crippen molar-refractivity contribution in [3.63, 3.8) is 0 Å². The molecule has 2 heteroatoms. The van der Waals surface area contributed by atoms with Gasteiger partial charge < -0.3 is 29.6 Å². The molecule has 0 aliphatic carbocycles. The Morgan fingerprint density at radius 1 is 0.686 bits per heavy atom. The molecule has 0 atom stereocenters. The van der Waals surface area contributed by atoms with Crippen molar-refractivity contribution in [1.82, 2.24) is 0 Å². The molecule has 0 spiro atoms. The SMILES string of the molecule is CCCCCc1cccc(-[c-]2cccc2)c1.[Fe].c1ccc(P(c2ccccc2)[c-]2[cH-][cH-][cH-][cH-]2)cc1. The molecule has 0 heterocycles. The summed E-state index contributed by atoms with van der Waals surface area (Å²) in [7, 11) is -0.409. The first-order valence-electron chi connectivity index (χ1n) is 12.3. The number of rotatable bonds is 8. The summed E-state index contributed by atoms with van der Waals surface area (Å²) in [5, 5.41) is 4.23. The van der Waals surface area contributed by atoms with E-state index in [9.17, 15) is 0 Å². The maximum atomic E-state index is 2.32. The van der Waals surface area contributed by atoms with Crippen LogP contribution < -0.4 is 15.9 Å². The van der Waals surface area contributed by atoms with Gasteiger partial charge in [-0.05, 0) is 12.8 Å². The van der Waals surface area contributed by atoms with Crippen LogP contribution in [-0.4, -0.2) is 0 Å². The van der Waals surface area contributed by atoms with E-state index in [0.717, 1.165) is 0 Å². The minimum absolute atomic E-state index is 0. The third-order valence-electron chi connectivity index (χ3n) is 5.92. The average molecular weight is 516 g/mol. The van der Waals surface area contributed by atoms with Crippen molar-refractivity contribution in [3.05, 3.63) is 139 Å². The standard InChI is InChI=1S/C17H14P.C16H19.Fe/c1-3-9-15(10-4-1)18(17-13-7-8-14-17)16-11-5-2-6-12-16;1-2-3-4-8-14-9-7-12-16(13-14)15-10-5-6-11-15;/h1-14H;5-7,9-13H,2-4,8H2,1H3;/q-5;-1;. The summed E-state index contributed by atoms with van der Waals surface area (Å²) in [5.41, 5.74) is 4.14. The summed E-state index contributed by atoms with van der Waals surface area (Å²) in [5.74, 6) is 0. The van der Waals surface area contributed by atoms with Gasteiger partial charge in [0, 0.05) is 17.1 Å². The molecule has 35 heavy (non-hydrogen) atoms. The molecule has 0 nitrogen and oxygen atoms in total. The zero-order valence-corrected chi connectivity index (χ0v) is 22.3. The summed E-state index contributed by atoms with van der Waals surface area (Å²) in [6.45, 7) is 2.25. The summed E-state index contributed by atoms with van der Waals surface area (Å²) in [6, 6.07) is 47.7. The Morgan fingerprint density at radius 3 is 1.86 bits per heavy atom. The van der Waals surface area contributed by atoms with Crippen LogP contribution in [-0.2, 0) is 23.5 Å². The molecular formula is C33H33FeP-6. The Bertz CT molecular complexity index is 1150. The van der Waals surface area contributed by atoms with Gasteiger partial charge in [-0.15, -0.1) is 29.8 Å². The minimum Gasteiger partial charge on any atom is -0.747 e. The van der Waals surface area contributed by atoms with E-state index in [1.165, 1.54) is 58.3 Å². The Morgan fingerprint density at radius 2 is 1.29 bits per heavy atom. The number of benzene rings is 3. The zero-order chi connectivity index (χ0) is 23.4. The Kier molecular flexibility index (Phi) is 11.3. The van der Waals surface area contributed by atoms with Gasteiger partial charge in [0.05, 0.1) is 0 Å². The molecule has 5 aromatic rings. The second kappa shape index (κ2) is 14.7. The number of aryl methyl sites for hydroxylation is 1. The maximum Gasteiger partial charge on any atom is 0 e. The molecule has 0 radical (unpaired) electrons. The molecule has 0 amide bonds. The predicted molar refractivity (Wildman–Crippen MR) is 151 cm³/mol. The van der Waals surface area contributed by atoms with E-state index in [-0.39, 0.29) is 17.1 Å². The number of unbranched alkanes of at least 4 members (excludes halogenated alkanes) is 2. The van der Waals surface area contributed by atoms with Gasteiger partial charge in [-0.3, -0.25) is 0 Å². The van der Waals surface area contributed by atoms with Gasteiger partial charge in [0.25, 0.3) is 0 Å². The van der Waals surface area contributed by atoms with E-state index in [2.05, 4.69) is 140 Å². The third-order valence-corrected chi connectivity index (χ3v) is 8.37. The first-order valence-corrected chi connectivity index (χ1v) is 13.6. The van der Waals surface area contributed by atoms with Crippen molar-refractivity contribution in [3.8, 4) is 11.1 Å². The average Bonchev–Trinajstić information content (AvgIpc) is 3.62. The fraction of sp³-hybridized carbons (Fsp3) is 0.152. The van der Waals surface area contributed by atoms with Crippen LogP contribution in [0.3, 0.4) is 0 Å². The van der Waals surface area contributed by atoms with Crippen molar-refractivity contribution in [1.29, 1.82) is 0 Å². The number of hydrogen-bond donors (Lipinski definition) is 0. The van der Waals surface area contributed by atoms with E-state index >= 15 is 0 Å². The van der Waals surface area contributed by atoms with Crippen LogP contribution in [0, 0.1) is 0 Å². The molecule has 0 N–H and O–H groups in total. The van der Waals surface area contributed by atoms with Gasteiger partial charge in [-0.2, -0.15) is 12.1 Å². The van der Waals surface area contributed by atoms with Gasteiger partial charge in [0.15, 0.2) is 0 Å². The fourth-order valence-electron chi connectivity index (χ4n) is 4.17. The molecule has 184 valence electrons. The van der Waals surface area contributed by atoms with Gasteiger partial charge in [0.1, 0.15) is 0 Å². The maximum absolute atomic E-state index is 2.32. The van der Waals surface area contributed by atoms with Gasteiger partial charge >= 0.3 is 0 Å². The van der Waals surface area contributed by atoms with Crippen molar-refractivity contribution < 1.29 is 17.1 Å². The van der Waals surface area contributed by atoms with E-state index in [1.807, 2.05) is 0 Å². The van der Waals surface area contributed by atoms with Crippen LogP contribution >= 0.6 is 7.92 Å². The molecule has 0 aromatic heterocycles. The minimum atomic E-state index is -0.409. The quantitative estimate of drug-likeness (QED) is 0.0850. The first-order chi connectivity index (χ1) is 16.8. The number of hydrogen-bond acceptors (Lipinski definition) is 0. The van der Waals surface area contributed by atoms with Gasteiger partial charge in [-0.25, -0.2) is 7.92 Å². The normalized spacial score (nSPS) is 10.3. The van der Waals surface area contributed by atoms with E-state index in [0.29, 0.717) is 0 Å². The van der Waals surface area contributed by atoms with E-state index in [1.54, 1.807) is 0 Å². The third kappa shape index (κ3) is 7.91. The van der Waals surface area contributed by atoms with Crippen LogP contribution in [0.15, 0.2) is 133 Å². The largest absolute Gasteiger partial charge is 0.747 e. The monoisotopic (exact) mass is 516 g/mol. The van der Waals surface area contributed by atoms with E-state index < -0.39 is 7.92 Å². The molecular weight excluding hydrogens is 483 g/mol. The molecule has 0 bridgehead atoms. The fourth-order valence-corrected chi connectivity index (χ4v) is 6.47. The predicted octanol–water partition coefficient (Wildman–Crippen LogP) is 7.97. The van der Waals surface area contributed by atoms with Gasteiger partial charge in [-0.1, -0.05) is 114 Å². The van der Waals surface area contributed by atoms with E-state index in [4.69, 9.17) is 0 Å². The summed E-state index contributed by atoms with van der Waals surface area (Å²) >= 11 is 0. The summed E-state index contributed by atoms with van der Waals surface area (Å²) in [6.07, 6.45) is 5.15. The second-order valence-corrected chi connectivity index (χ2v) is 10.7. The molecule has 0 aliphatic heterocycles. The van der Waals surface area contributed by atoms with Crippen LogP contribution in [0.5, 0.6) is 0 Å². The van der Waals surface area contributed by atoms with Crippen molar-refractivity contribution in [2.45, 2.75) is 32.6 Å². The summed E-state index contributed by atoms with van der Waals surface area (Å²) in [4.78, 5) is 0. The zero-order valence-electron chi connectivity index (χ0n) is 20.3. The molecule has 0 saturated heterocycles. The van der Waals surface area contributed by atoms with Crippen LogP contribution in [0.2, 0.25) is 0 Å². The van der Waals surface area contributed by atoms with Crippen LogP contribution in [0.25, 0.3) is 11.1 Å². The molecule has 0 aliphatic rings. The van der Waals surface area contributed by atoms with Crippen molar-refractivity contribution in [2.75, 3.05) is 0 Å².